The van der Waals surface area contributed by atoms with Crippen molar-refractivity contribution in [3.63, 3.8) is 0 Å². The second-order valence-corrected chi connectivity index (χ2v) is 2.50. The van der Waals surface area contributed by atoms with Crippen molar-refractivity contribution in [1.29, 1.82) is 0 Å². The van der Waals surface area contributed by atoms with Gasteiger partial charge in [-0.3, -0.25) is 0 Å². The molecule has 0 aromatic heterocycles. The molecule has 0 spiro atoms. The topological polar surface area (TPSA) is 0 Å². The van der Waals surface area contributed by atoms with E-state index in [-0.39, 0.29) is 0 Å². The minimum Gasteiger partial charge on any atom is -0.144 e. The van der Waals surface area contributed by atoms with Gasteiger partial charge < -0.3 is 0 Å². The zero-order chi connectivity index (χ0) is 3.58. The Balaban J connectivity index is 2.32. The fourth-order valence-electron chi connectivity index (χ4n) is 0. The van der Waals surface area contributed by atoms with Crippen LogP contribution in [-0.2, 0) is 0 Å². The molecule has 0 radical (unpaired) electrons. The summed E-state index contributed by atoms with van der Waals surface area (Å²) in [5, 5.41) is 0. The van der Waals surface area contributed by atoms with Crippen molar-refractivity contribution in [2.24, 2.45) is 0 Å². The van der Waals surface area contributed by atoms with Crippen LogP contribution in [-0.4, -0.2) is 4.17 Å². The molecule has 0 N–H and O–H groups in total. The van der Waals surface area contributed by atoms with Gasteiger partial charge in [0.1, 0.15) is 4.17 Å². The van der Waals surface area contributed by atoms with E-state index in [2.05, 4.69) is 12.6 Å². The summed E-state index contributed by atoms with van der Waals surface area (Å²) in [6.45, 7) is 0. The molecular weight excluding hydrogens is 115 g/mol. The van der Waals surface area contributed by atoms with E-state index in [9.17, 15) is 0 Å². The maximum absolute atomic E-state index is 4.90. The molecule has 0 rings (SSSR count). The van der Waals surface area contributed by atoms with Crippen molar-refractivity contribution in [3.8, 4) is 0 Å². The molecule has 0 atom stereocenters. The predicted octanol–water partition coefficient (Wildman–Crippen LogP) is 1.68. The predicted molar refractivity (Wildman–Crippen MR) is 24.5 cm³/mol. The summed E-state index contributed by atoms with van der Waals surface area (Å²) >= 11 is 13.3. The first-order valence-electron chi connectivity index (χ1n) is 0.695. The molecule has 0 saturated heterocycles. The molecule has 0 heterocycles. The summed E-state index contributed by atoms with van der Waals surface area (Å²) in [6, 6.07) is 0. The van der Waals surface area contributed by atoms with Gasteiger partial charge in [-0.15, -0.1) is 12.6 Å². The maximum Gasteiger partial charge on any atom is 0.150 e. The fraction of sp³-hybridized carbons (Fsp3) is 1.00. The molecule has 0 aromatic rings. The van der Waals surface area contributed by atoms with E-state index < -0.39 is 4.17 Å². The molecule has 0 bridgehead atoms. The van der Waals surface area contributed by atoms with Crippen LogP contribution >= 0.6 is 35.8 Å². The number of thiol groups is 1. The lowest BCUT2D eigenvalue weighted by atomic mass is 11.9. The highest BCUT2D eigenvalue weighted by Gasteiger charge is 1.76. The Morgan fingerprint density at radius 1 is 1.50 bits per heavy atom. The van der Waals surface area contributed by atoms with Gasteiger partial charge in [0.25, 0.3) is 0 Å². The molecule has 0 aliphatic rings. The van der Waals surface area contributed by atoms with E-state index >= 15 is 0 Å². The molecule has 4 heavy (non-hydrogen) atoms. The van der Waals surface area contributed by atoms with Crippen LogP contribution in [0.15, 0.2) is 0 Å². The molecule has 0 nitrogen and oxygen atoms in total. The molecule has 0 unspecified atom stereocenters. The van der Waals surface area contributed by atoms with Gasteiger partial charge in [0.05, 0.1) is 0 Å². The molecule has 0 aromatic carbocycles. The van der Waals surface area contributed by atoms with Crippen LogP contribution in [0.2, 0.25) is 0 Å². The quantitative estimate of drug-likeness (QED) is 0.362. The van der Waals surface area contributed by atoms with Crippen LogP contribution in [0.4, 0.5) is 0 Å². The minimum absolute atomic E-state index is 0.528. The van der Waals surface area contributed by atoms with Gasteiger partial charge >= 0.3 is 0 Å². The Hall–Kier alpha value is 0.930. The van der Waals surface area contributed by atoms with Crippen molar-refractivity contribution in [1.82, 2.24) is 0 Å². The first kappa shape index (κ1) is 4.93. The fourth-order valence-corrected chi connectivity index (χ4v) is 0. The number of halogens is 2. The third kappa shape index (κ3) is 12.6. The third-order valence-electron chi connectivity index (χ3n) is 0. The van der Waals surface area contributed by atoms with Crippen LogP contribution in [0, 0.1) is 0 Å². The molecular formula is CH2Cl2S. The van der Waals surface area contributed by atoms with Gasteiger partial charge in [-0.1, -0.05) is 23.2 Å². The van der Waals surface area contributed by atoms with Crippen molar-refractivity contribution >= 4 is 35.8 Å². The van der Waals surface area contributed by atoms with E-state index in [0.29, 0.717) is 0 Å². The lowest BCUT2D eigenvalue weighted by Crippen LogP contribution is -1.55. The summed E-state index contributed by atoms with van der Waals surface area (Å²) in [7, 11) is 0. The van der Waals surface area contributed by atoms with E-state index in [1.165, 1.54) is 0 Å². The third-order valence-corrected chi connectivity index (χ3v) is 0. The van der Waals surface area contributed by atoms with Gasteiger partial charge in [-0.25, -0.2) is 0 Å². The van der Waals surface area contributed by atoms with Crippen molar-refractivity contribution in [2.45, 2.75) is 4.17 Å². The number of hydrogen-bond donors (Lipinski definition) is 1. The molecule has 0 fully saturated rings. The van der Waals surface area contributed by atoms with Crippen LogP contribution < -0.4 is 0 Å². The van der Waals surface area contributed by atoms with E-state index in [1.54, 1.807) is 0 Å². The standard InChI is InChI=1S/CH2Cl2S/c2-1(3)4/h1,4H. The summed E-state index contributed by atoms with van der Waals surface area (Å²) in [4.78, 5) is 0. The highest BCUT2D eigenvalue weighted by Crippen LogP contribution is 2.02. The Labute approximate surface area is 40.5 Å². The van der Waals surface area contributed by atoms with Gasteiger partial charge in [-0.2, -0.15) is 0 Å². The zero-order valence-corrected chi connectivity index (χ0v) is 4.19. The average molecular weight is 117 g/mol. The Bertz CT molecular complexity index is 10.8. The highest BCUT2D eigenvalue weighted by molar-refractivity contribution is 7.84. The monoisotopic (exact) mass is 116 g/mol. The lowest BCUT2D eigenvalue weighted by molar-refractivity contribution is 2.03. The number of hydrogen-bond acceptors (Lipinski definition) is 1. The zero-order valence-electron chi connectivity index (χ0n) is 1.78. The Morgan fingerprint density at radius 2 is 1.50 bits per heavy atom. The van der Waals surface area contributed by atoms with E-state index in [1.807, 2.05) is 0 Å². The maximum atomic E-state index is 4.90. The molecule has 3 heteroatoms. The van der Waals surface area contributed by atoms with Crippen LogP contribution in [0.25, 0.3) is 0 Å². The van der Waals surface area contributed by atoms with Crippen molar-refractivity contribution in [2.75, 3.05) is 0 Å². The SMILES string of the molecule is SC(Cl)Cl. The normalized spacial score (nSPS) is 9.00. The highest BCUT2D eigenvalue weighted by atomic mass is 35.5. The largest absolute Gasteiger partial charge is 0.150 e. The van der Waals surface area contributed by atoms with Crippen LogP contribution in [0.5, 0.6) is 0 Å². The molecule has 0 aliphatic carbocycles. The second-order valence-electron chi connectivity index (χ2n) is 0.278. The summed E-state index contributed by atoms with van der Waals surface area (Å²) < 4.78 is -0.528. The van der Waals surface area contributed by atoms with Crippen molar-refractivity contribution < 1.29 is 0 Å². The summed E-state index contributed by atoms with van der Waals surface area (Å²) in [5.41, 5.74) is 0. The molecule has 0 amide bonds. The van der Waals surface area contributed by atoms with E-state index in [0.717, 1.165) is 0 Å². The lowest BCUT2D eigenvalue weighted by Gasteiger charge is -1.72. The Kier molecular flexibility index (Phi) is 2.69. The van der Waals surface area contributed by atoms with Gasteiger partial charge in [-0.05, 0) is 0 Å². The number of alkyl halides is 2. The number of rotatable bonds is 0. The minimum atomic E-state index is -0.528. The molecule has 0 saturated carbocycles. The van der Waals surface area contributed by atoms with Crippen molar-refractivity contribution in [3.05, 3.63) is 0 Å². The molecule has 26 valence electrons. The van der Waals surface area contributed by atoms with Crippen LogP contribution in [0.1, 0.15) is 0 Å². The van der Waals surface area contributed by atoms with Gasteiger partial charge in [0.15, 0.2) is 0 Å². The van der Waals surface area contributed by atoms with Gasteiger partial charge in [0, 0.05) is 0 Å². The first-order chi connectivity index (χ1) is 1.73. The molecule has 0 aliphatic heterocycles. The smallest absolute Gasteiger partial charge is 0.144 e. The summed E-state index contributed by atoms with van der Waals surface area (Å²) in [6.07, 6.45) is 0. The summed E-state index contributed by atoms with van der Waals surface area (Å²) in [5.74, 6) is 0. The first-order valence-corrected chi connectivity index (χ1v) is 2.08. The van der Waals surface area contributed by atoms with E-state index in [4.69, 9.17) is 23.2 Å². The second kappa shape index (κ2) is 2.18. The average Bonchev–Trinajstić information content (AvgIpc) is 0.811. The van der Waals surface area contributed by atoms with Gasteiger partial charge in [0.2, 0.25) is 0 Å². The Morgan fingerprint density at radius 3 is 1.50 bits per heavy atom. The van der Waals surface area contributed by atoms with Crippen LogP contribution in [0.3, 0.4) is 0 Å².